The molecule has 4 nitrogen and oxygen atoms in total. The Hall–Kier alpha value is -2.36. The van der Waals surface area contributed by atoms with Gasteiger partial charge in [0.1, 0.15) is 0 Å². The number of anilines is 1. The first-order chi connectivity index (χ1) is 10.2. The third-order valence-electron chi connectivity index (χ3n) is 3.61. The summed E-state index contributed by atoms with van der Waals surface area (Å²) in [6, 6.07) is 12.4. The number of benzene rings is 1. The van der Waals surface area contributed by atoms with E-state index >= 15 is 0 Å². The van der Waals surface area contributed by atoms with Crippen LogP contribution in [0.5, 0.6) is 0 Å². The second-order valence-corrected chi connectivity index (χ2v) is 5.31. The number of nitrogens with one attached hydrogen (secondary N) is 1. The van der Waals surface area contributed by atoms with Crippen molar-refractivity contribution in [1.82, 2.24) is 14.8 Å². The number of rotatable bonds is 5. The van der Waals surface area contributed by atoms with Crippen LogP contribution >= 0.6 is 0 Å². The van der Waals surface area contributed by atoms with Crippen LogP contribution in [0.3, 0.4) is 0 Å². The molecule has 0 amide bonds. The molecule has 108 valence electrons. The van der Waals surface area contributed by atoms with Crippen LogP contribution in [0.15, 0.2) is 42.6 Å². The molecule has 0 saturated carbocycles. The first-order valence-corrected chi connectivity index (χ1v) is 7.33. The van der Waals surface area contributed by atoms with E-state index in [1.807, 2.05) is 37.4 Å². The topological polar surface area (TPSA) is 42.7 Å². The standard InChI is InChI=1S/C17H20N4/c1-13-12-14(2)21(20-13)11-5-9-18-17-8-10-19-16-7-4-3-6-15(16)17/h3-4,6-8,10,12H,5,9,11H2,1-2H3,(H,18,19). The molecule has 3 rings (SSSR count). The number of nitrogens with zero attached hydrogens (tertiary/aromatic N) is 3. The van der Waals surface area contributed by atoms with Gasteiger partial charge in [0.05, 0.1) is 11.2 Å². The lowest BCUT2D eigenvalue weighted by atomic mass is 10.2. The Balaban J connectivity index is 1.61. The van der Waals surface area contributed by atoms with Crippen LogP contribution in [-0.2, 0) is 6.54 Å². The van der Waals surface area contributed by atoms with Gasteiger partial charge in [-0.25, -0.2) is 0 Å². The van der Waals surface area contributed by atoms with Gasteiger partial charge in [0, 0.05) is 36.1 Å². The molecular formula is C17H20N4. The van der Waals surface area contributed by atoms with Gasteiger partial charge >= 0.3 is 0 Å². The average molecular weight is 280 g/mol. The van der Waals surface area contributed by atoms with E-state index in [0.29, 0.717) is 0 Å². The summed E-state index contributed by atoms with van der Waals surface area (Å²) in [5.41, 5.74) is 4.48. The van der Waals surface area contributed by atoms with Gasteiger partial charge in [0.15, 0.2) is 0 Å². The van der Waals surface area contributed by atoms with Crippen LogP contribution < -0.4 is 5.32 Å². The van der Waals surface area contributed by atoms with Gasteiger partial charge in [-0.05, 0) is 38.5 Å². The summed E-state index contributed by atoms with van der Waals surface area (Å²) in [7, 11) is 0. The number of hydrogen-bond donors (Lipinski definition) is 1. The van der Waals surface area contributed by atoms with Crippen molar-refractivity contribution in [1.29, 1.82) is 0 Å². The minimum Gasteiger partial charge on any atom is -0.384 e. The molecule has 0 aliphatic carbocycles. The smallest absolute Gasteiger partial charge is 0.0722 e. The first kappa shape index (κ1) is 13.6. The SMILES string of the molecule is Cc1cc(C)n(CCCNc2ccnc3ccccc23)n1. The maximum Gasteiger partial charge on any atom is 0.0722 e. The van der Waals surface area contributed by atoms with Crippen molar-refractivity contribution >= 4 is 16.6 Å². The van der Waals surface area contributed by atoms with Crippen LogP contribution in [-0.4, -0.2) is 21.3 Å². The zero-order valence-electron chi connectivity index (χ0n) is 12.5. The molecule has 4 heteroatoms. The minimum atomic E-state index is 0.923. The molecule has 1 N–H and O–H groups in total. The zero-order chi connectivity index (χ0) is 14.7. The number of pyridine rings is 1. The molecule has 2 heterocycles. The molecular weight excluding hydrogens is 260 g/mol. The molecule has 0 saturated heterocycles. The highest BCUT2D eigenvalue weighted by atomic mass is 15.3. The lowest BCUT2D eigenvalue weighted by Crippen LogP contribution is -2.09. The molecule has 0 bridgehead atoms. The Labute approximate surface area is 124 Å². The van der Waals surface area contributed by atoms with Crippen molar-refractivity contribution in [3.8, 4) is 0 Å². The Bertz CT molecular complexity index is 740. The van der Waals surface area contributed by atoms with Crippen molar-refractivity contribution in [2.45, 2.75) is 26.8 Å². The van der Waals surface area contributed by atoms with E-state index in [4.69, 9.17) is 0 Å². The fourth-order valence-corrected chi connectivity index (χ4v) is 2.60. The molecule has 21 heavy (non-hydrogen) atoms. The van der Waals surface area contributed by atoms with Crippen LogP contribution in [0, 0.1) is 13.8 Å². The Morgan fingerprint density at radius 3 is 2.81 bits per heavy atom. The maximum absolute atomic E-state index is 4.48. The minimum absolute atomic E-state index is 0.923. The molecule has 0 atom stereocenters. The fourth-order valence-electron chi connectivity index (χ4n) is 2.60. The van der Waals surface area contributed by atoms with Gasteiger partial charge < -0.3 is 5.32 Å². The normalized spacial score (nSPS) is 11.0. The third kappa shape index (κ3) is 3.05. The van der Waals surface area contributed by atoms with Gasteiger partial charge in [-0.15, -0.1) is 0 Å². The number of fused-ring (bicyclic) bond motifs is 1. The Morgan fingerprint density at radius 2 is 2.00 bits per heavy atom. The monoisotopic (exact) mass is 280 g/mol. The van der Waals surface area contributed by atoms with E-state index in [-0.39, 0.29) is 0 Å². The van der Waals surface area contributed by atoms with Gasteiger partial charge in [-0.2, -0.15) is 5.10 Å². The lowest BCUT2D eigenvalue weighted by molar-refractivity contribution is 0.574. The Morgan fingerprint density at radius 1 is 1.14 bits per heavy atom. The van der Waals surface area contributed by atoms with Crippen molar-refractivity contribution < 1.29 is 0 Å². The quantitative estimate of drug-likeness (QED) is 0.727. The second kappa shape index (κ2) is 5.95. The molecule has 1 aromatic carbocycles. The van der Waals surface area contributed by atoms with Crippen LogP contribution in [0.1, 0.15) is 17.8 Å². The molecule has 0 spiro atoms. The van der Waals surface area contributed by atoms with E-state index in [0.717, 1.165) is 36.4 Å². The van der Waals surface area contributed by atoms with Crippen molar-refractivity contribution in [2.75, 3.05) is 11.9 Å². The highest BCUT2D eigenvalue weighted by Gasteiger charge is 2.02. The summed E-state index contributed by atoms with van der Waals surface area (Å²) in [6.45, 7) is 6.00. The largest absolute Gasteiger partial charge is 0.384 e. The van der Waals surface area contributed by atoms with Crippen LogP contribution in [0.4, 0.5) is 5.69 Å². The lowest BCUT2D eigenvalue weighted by Gasteiger charge is -2.10. The van der Waals surface area contributed by atoms with Crippen LogP contribution in [0.2, 0.25) is 0 Å². The summed E-state index contributed by atoms with van der Waals surface area (Å²) >= 11 is 0. The number of aryl methyl sites for hydroxylation is 3. The van der Waals surface area contributed by atoms with E-state index < -0.39 is 0 Å². The molecule has 0 radical (unpaired) electrons. The maximum atomic E-state index is 4.48. The summed E-state index contributed by atoms with van der Waals surface area (Å²) in [4.78, 5) is 4.38. The van der Waals surface area contributed by atoms with E-state index in [9.17, 15) is 0 Å². The summed E-state index contributed by atoms with van der Waals surface area (Å²) < 4.78 is 2.07. The summed E-state index contributed by atoms with van der Waals surface area (Å²) in [6.07, 6.45) is 2.89. The molecule has 3 aromatic rings. The summed E-state index contributed by atoms with van der Waals surface area (Å²) in [5.74, 6) is 0. The highest BCUT2D eigenvalue weighted by molar-refractivity contribution is 5.90. The van der Waals surface area contributed by atoms with Gasteiger partial charge in [-0.3, -0.25) is 9.67 Å². The number of aromatic nitrogens is 3. The second-order valence-electron chi connectivity index (χ2n) is 5.31. The first-order valence-electron chi connectivity index (χ1n) is 7.33. The predicted octanol–water partition coefficient (Wildman–Crippen LogP) is 3.55. The zero-order valence-corrected chi connectivity index (χ0v) is 12.5. The molecule has 0 aliphatic rings. The van der Waals surface area contributed by atoms with Crippen molar-refractivity contribution in [3.63, 3.8) is 0 Å². The summed E-state index contributed by atoms with van der Waals surface area (Å²) in [5, 5.41) is 9.16. The van der Waals surface area contributed by atoms with E-state index in [1.165, 1.54) is 11.1 Å². The molecule has 2 aromatic heterocycles. The van der Waals surface area contributed by atoms with E-state index in [2.05, 4.69) is 39.1 Å². The molecule has 0 fully saturated rings. The fraction of sp³-hybridized carbons (Fsp3) is 0.294. The Kier molecular flexibility index (Phi) is 3.86. The van der Waals surface area contributed by atoms with Crippen molar-refractivity contribution in [2.24, 2.45) is 0 Å². The molecule has 0 unspecified atom stereocenters. The molecule has 0 aliphatic heterocycles. The van der Waals surface area contributed by atoms with Gasteiger partial charge in [0.2, 0.25) is 0 Å². The van der Waals surface area contributed by atoms with Crippen LogP contribution in [0.25, 0.3) is 10.9 Å². The van der Waals surface area contributed by atoms with Gasteiger partial charge in [-0.1, -0.05) is 18.2 Å². The van der Waals surface area contributed by atoms with Crippen molar-refractivity contribution in [3.05, 3.63) is 54.0 Å². The predicted molar refractivity (Wildman–Crippen MR) is 86.6 cm³/mol. The number of para-hydroxylation sites is 1. The van der Waals surface area contributed by atoms with E-state index in [1.54, 1.807) is 0 Å². The van der Waals surface area contributed by atoms with Gasteiger partial charge in [0.25, 0.3) is 0 Å². The highest BCUT2D eigenvalue weighted by Crippen LogP contribution is 2.20. The average Bonchev–Trinajstić information content (AvgIpc) is 2.82. The number of hydrogen-bond acceptors (Lipinski definition) is 3. The third-order valence-corrected chi connectivity index (χ3v) is 3.61.